The fraction of sp³-hybridized carbons (Fsp3) is 0.133. The number of aryl methyl sites for hydroxylation is 2. The van der Waals surface area contributed by atoms with Crippen molar-refractivity contribution < 1.29 is 0 Å². The van der Waals surface area contributed by atoms with E-state index in [1.54, 1.807) is 0 Å². The van der Waals surface area contributed by atoms with Gasteiger partial charge in [-0.2, -0.15) is 0 Å². The maximum atomic E-state index is 5.34. The molecule has 0 saturated carbocycles. The summed E-state index contributed by atoms with van der Waals surface area (Å²) in [5.41, 5.74) is 4.39. The van der Waals surface area contributed by atoms with Crippen LogP contribution in [0.3, 0.4) is 0 Å². The minimum Gasteiger partial charge on any atom is -0.332 e. The molecular weight excluding hydrogens is 320 g/mol. The molecule has 0 bridgehead atoms. The molecular formula is C15H15BrN2S. The molecule has 0 aliphatic rings. The van der Waals surface area contributed by atoms with Crippen LogP contribution in [0.1, 0.15) is 11.1 Å². The van der Waals surface area contributed by atoms with Gasteiger partial charge in [0.25, 0.3) is 0 Å². The molecule has 2 nitrogen and oxygen atoms in total. The first-order valence-corrected chi connectivity index (χ1v) is 7.16. The summed E-state index contributed by atoms with van der Waals surface area (Å²) in [7, 11) is 0. The van der Waals surface area contributed by atoms with Crippen molar-refractivity contribution in [2.24, 2.45) is 0 Å². The van der Waals surface area contributed by atoms with Gasteiger partial charge >= 0.3 is 0 Å². The molecule has 4 heteroatoms. The smallest absolute Gasteiger partial charge is 0.175 e. The molecule has 0 heterocycles. The zero-order valence-corrected chi connectivity index (χ0v) is 13.2. The first-order valence-electron chi connectivity index (χ1n) is 5.96. The topological polar surface area (TPSA) is 24.1 Å². The van der Waals surface area contributed by atoms with E-state index >= 15 is 0 Å². The normalized spacial score (nSPS) is 10.1. The van der Waals surface area contributed by atoms with Crippen molar-refractivity contribution in [3.63, 3.8) is 0 Å². The fourth-order valence-electron chi connectivity index (χ4n) is 1.82. The quantitative estimate of drug-likeness (QED) is 0.765. The largest absolute Gasteiger partial charge is 0.332 e. The van der Waals surface area contributed by atoms with Gasteiger partial charge in [-0.3, -0.25) is 0 Å². The number of hydrogen-bond donors (Lipinski definition) is 2. The average Bonchev–Trinajstić information content (AvgIpc) is 2.37. The van der Waals surface area contributed by atoms with E-state index in [0.29, 0.717) is 5.11 Å². The van der Waals surface area contributed by atoms with E-state index in [2.05, 4.69) is 52.5 Å². The maximum absolute atomic E-state index is 5.34. The predicted molar refractivity (Wildman–Crippen MR) is 89.9 cm³/mol. The summed E-state index contributed by atoms with van der Waals surface area (Å²) in [5, 5.41) is 7.02. The van der Waals surface area contributed by atoms with E-state index in [4.69, 9.17) is 12.2 Å². The number of nitrogens with one attached hydrogen (secondary N) is 2. The lowest BCUT2D eigenvalue weighted by Crippen LogP contribution is -2.20. The molecule has 2 rings (SSSR count). The van der Waals surface area contributed by atoms with Crippen molar-refractivity contribution in [3.05, 3.63) is 58.1 Å². The Morgan fingerprint density at radius 2 is 1.53 bits per heavy atom. The Balaban J connectivity index is 2.07. The average molecular weight is 335 g/mol. The van der Waals surface area contributed by atoms with Crippen LogP contribution in [0, 0.1) is 13.8 Å². The Labute approximate surface area is 127 Å². The number of halogens is 1. The zero-order valence-electron chi connectivity index (χ0n) is 10.8. The Bertz CT molecular complexity index is 573. The number of thiocarbonyl (C=S) groups is 1. The molecule has 0 fully saturated rings. The highest BCUT2D eigenvalue weighted by Crippen LogP contribution is 2.20. The summed E-state index contributed by atoms with van der Waals surface area (Å²) in [6.07, 6.45) is 0. The van der Waals surface area contributed by atoms with Crippen LogP contribution in [0.25, 0.3) is 0 Å². The Morgan fingerprint density at radius 1 is 0.947 bits per heavy atom. The van der Waals surface area contributed by atoms with Gasteiger partial charge in [0.15, 0.2) is 5.11 Å². The Kier molecular flexibility index (Phi) is 4.56. The van der Waals surface area contributed by atoms with Gasteiger partial charge in [-0.05, 0) is 61.5 Å². The molecule has 2 N–H and O–H groups in total. The van der Waals surface area contributed by atoms with E-state index in [-0.39, 0.29) is 0 Å². The van der Waals surface area contributed by atoms with Gasteiger partial charge in [0, 0.05) is 15.8 Å². The van der Waals surface area contributed by atoms with Gasteiger partial charge in [0.2, 0.25) is 0 Å². The van der Waals surface area contributed by atoms with Crippen molar-refractivity contribution in [1.82, 2.24) is 0 Å². The zero-order chi connectivity index (χ0) is 13.8. The standard InChI is InChI=1S/C15H15BrN2S/c1-10-4-3-5-11(2)14(10)18-15(19)17-13-8-6-12(16)7-9-13/h3-9H,1-2H3,(H2,17,18,19). The number of benzene rings is 2. The van der Waals surface area contributed by atoms with Crippen LogP contribution < -0.4 is 10.6 Å². The lowest BCUT2D eigenvalue weighted by Gasteiger charge is -2.14. The maximum Gasteiger partial charge on any atom is 0.175 e. The minimum absolute atomic E-state index is 0.597. The molecule has 0 amide bonds. The Hall–Kier alpha value is -1.39. The molecule has 0 radical (unpaired) electrons. The first kappa shape index (κ1) is 14.0. The predicted octanol–water partition coefficient (Wildman–Crippen LogP) is 4.87. The van der Waals surface area contributed by atoms with E-state index in [1.807, 2.05) is 30.3 Å². The van der Waals surface area contributed by atoms with Crippen molar-refractivity contribution in [2.75, 3.05) is 10.6 Å². The summed E-state index contributed by atoms with van der Waals surface area (Å²) in [6.45, 7) is 4.13. The van der Waals surface area contributed by atoms with Crippen LogP contribution in [-0.4, -0.2) is 5.11 Å². The van der Waals surface area contributed by atoms with E-state index in [1.165, 1.54) is 11.1 Å². The van der Waals surface area contributed by atoms with Crippen LogP contribution in [-0.2, 0) is 0 Å². The molecule has 0 aliphatic heterocycles. The van der Waals surface area contributed by atoms with Crippen molar-refractivity contribution in [1.29, 1.82) is 0 Å². The highest BCUT2D eigenvalue weighted by atomic mass is 79.9. The van der Waals surface area contributed by atoms with Crippen LogP contribution in [0.2, 0.25) is 0 Å². The van der Waals surface area contributed by atoms with Gasteiger partial charge in [-0.1, -0.05) is 34.1 Å². The summed E-state index contributed by atoms with van der Waals surface area (Å²) in [4.78, 5) is 0. The number of hydrogen-bond acceptors (Lipinski definition) is 1. The molecule has 0 saturated heterocycles. The minimum atomic E-state index is 0.597. The summed E-state index contributed by atoms with van der Waals surface area (Å²) in [6, 6.07) is 14.1. The second-order valence-electron chi connectivity index (χ2n) is 4.35. The molecule has 19 heavy (non-hydrogen) atoms. The number of rotatable bonds is 2. The fourth-order valence-corrected chi connectivity index (χ4v) is 2.30. The summed E-state index contributed by atoms with van der Waals surface area (Å²) < 4.78 is 1.05. The summed E-state index contributed by atoms with van der Waals surface area (Å²) in [5.74, 6) is 0. The van der Waals surface area contributed by atoms with Crippen LogP contribution in [0.4, 0.5) is 11.4 Å². The van der Waals surface area contributed by atoms with E-state index < -0.39 is 0 Å². The number of para-hydroxylation sites is 1. The third kappa shape index (κ3) is 3.78. The van der Waals surface area contributed by atoms with Gasteiger partial charge in [-0.25, -0.2) is 0 Å². The van der Waals surface area contributed by atoms with E-state index in [9.17, 15) is 0 Å². The monoisotopic (exact) mass is 334 g/mol. The third-order valence-corrected chi connectivity index (χ3v) is 3.55. The van der Waals surface area contributed by atoms with Gasteiger partial charge in [0.05, 0.1) is 0 Å². The van der Waals surface area contributed by atoms with Crippen molar-refractivity contribution in [3.8, 4) is 0 Å². The van der Waals surface area contributed by atoms with Crippen LogP contribution in [0.5, 0.6) is 0 Å². The lowest BCUT2D eigenvalue weighted by molar-refractivity contribution is 1.37. The van der Waals surface area contributed by atoms with E-state index in [0.717, 1.165) is 15.8 Å². The highest BCUT2D eigenvalue weighted by molar-refractivity contribution is 9.10. The molecule has 0 unspecified atom stereocenters. The third-order valence-electron chi connectivity index (χ3n) is 2.82. The highest BCUT2D eigenvalue weighted by Gasteiger charge is 2.04. The number of anilines is 2. The van der Waals surface area contributed by atoms with Gasteiger partial charge in [-0.15, -0.1) is 0 Å². The lowest BCUT2D eigenvalue weighted by atomic mass is 10.1. The van der Waals surface area contributed by atoms with Crippen LogP contribution in [0.15, 0.2) is 46.9 Å². The van der Waals surface area contributed by atoms with Crippen molar-refractivity contribution >= 4 is 44.6 Å². The molecule has 0 atom stereocenters. The van der Waals surface area contributed by atoms with Gasteiger partial charge in [0.1, 0.15) is 0 Å². The molecule has 0 aromatic heterocycles. The van der Waals surface area contributed by atoms with Crippen LogP contribution >= 0.6 is 28.1 Å². The first-order chi connectivity index (χ1) is 9.06. The molecule has 98 valence electrons. The Morgan fingerprint density at radius 3 is 2.11 bits per heavy atom. The SMILES string of the molecule is Cc1cccc(C)c1NC(=S)Nc1ccc(Br)cc1. The second-order valence-corrected chi connectivity index (χ2v) is 5.68. The van der Waals surface area contributed by atoms with Crippen molar-refractivity contribution in [2.45, 2.75) is 13.8 Å². The molecule has 0 spiro atoms. The van der Waals surface area contributed by atoms with Gasteiger partial charge < -0.3 is 10.6 Å². The second kappa shape index (κ2) is 6.17. The molecule has 2 aromatic rings. The molecule has 0 aliphatic carbocycles. The molecule has 2 aromatic carbocycles. The summed E-state index contributed by atoms with van der Waals surface area (Å²) >= 11 is 8.74.